The quantitative estimate of drug-likeness (QED) is 0.430. The molecular formula is C13H18O5. The molecule has 0 N–H and O–H groups in total. The van der Waals surface area contributed by atoms with Gasteiger partial charge in [0, 0.05) is 6.08 Å². The van der Waals surface area contributed by atoms with E-state index in [2.05, 4.69) is 4.74 Å². The summed E-state index contributed by atoms with van der Waals surface area (Å²) in [5, 5.41) is 0. The van der Waals surface area contributed by atoms with Crippen LogP contribution in [0.15, 0.2) is 24.3 Å². The van der Waals surface area contributed by atoms with Gasteiger partial charge in [-0.25, -0.2) is 4.79 Å². The number of fused-ring (bicyclic) bond motifs is 1. The molecule has 2 rings (SSSR count). The van der Waals surface area contributed by atoms with Crippen molar-refractivity contribution >= 4 is 5.97 Å². The zero-order valence-electron chi connectivity index (χ0n) is 10.8. The number of rotatable bonds is 3. The molecule has 0 saturated carbocycles. The van der Waals surface area contributed by atoms with E-state index in [4.69, 9.17) is 14.2 Å². The molecule has 2 saturated heterocycles. The fourth-order valence-corrected chi connectivity index (χ4v) is 2.11. The minimum Gasteiger partial charge on any atom is -0.466 e. The third-order valence-corrected chi connectivity index (χ3v) is 2.84. The van der Waals surface area contributed by atoms with Crippen molar-refractivity contribution in [2.45, 2.75) is 37.9 Å². The van der Waals surface area contributed by atoms with Crippen molar-refractivity contribution in [3.63, 3.8) is 0 Å². The highest BCUT2D eigenvalue weighted by atomic mass is 16.8. The lowest BCUT2D eigenvalue weighted by Gasteiger charge is -2.20. The first kappa shape index (κ1) is 13.3. The smallest absolute Gasteiger partial charge is 0.330 e. The summed E-state index contributed by atoms with van der Waals surface area (Å²) in [7, 11) is 1.34. The molecule has 18 heavy (non-hydrogen) atoms. The van der Waals surface area contributed by atoms with Crippen molar-refractivity contribution in [1.82, 2.24) is 0 Å². The topological polar surface area (TPSA) is 54.0 Å². The van der Waals surface area contributed by atoms with Gasteiger partial charge in [-0.2, -0.15) is 0 Å². The Morgan fingerprint density at radius 3 is 2.83 bits per heavy atom. The number of hydrogen-bond acceptors (Lipinski definition) is 5. The molecule has 0 bridgehead atoms. The van der Waals surface area contributed by atoms with Gasteiger partial charge >= 0.3 is 5.97 Å². The summed E-state index contributed by atoms with van der Waals surface area (Å²) in [6, 6.07) is 0. The molecular weight excluding hydrogens is 236 g/mol. The van der Waals surface area contributed by atoms with Gasteiger partial charge in [0.05, 0.1) is 13.7 Å². The highest BCUT2D eigenvalue weighted by Crippen LogP contribution is 2.35. The third-order valence-electron chi connectivity index (χ3n) is 2.84. The van der Waals surface area contributed by atoms with Crippen molar-refractivity contribution in [2.24, 2.45) is 0 Å². The second-order valence-corrected chi connectivity index (χ2v) is 4.70. The first-order chi connectivity index (χ1) is 8.52. The summed E-state index contributed by atoms with van der Waals surface area (Å²) in [5.41, 5.74) is 0. The predicted molar refractivity (Wildman–Crippen MR) is 63.9 cm³/mol. The maximum Gasteiger partial charge on any atom is 0.330 e. The van der Waals surface area contributed by atoms with E-state index >= 15 is 0 Å². The lowest BCUT2D eigenvalue weighted by atomic mass is 10.1. The number of hydrogen-bond donors (Lipinski definition) is 0. The van der Waals surface area contributed by atoms with Crippen LogP contribution in [0.4, 0.5) is 0 Å². The minimum atomic E-state index is -0.549. The Labute approximate surface area is 106 Å². The SMILES string of the molecule is COC(=O)/C=C/C=C/[C@@H]1OC[C@H]2OC(C)(C)O[C@@H]12. The van der Waals surface area contributed by atoms with Gasteiger partial charge in [-0.05, 0) is 13.8 Å². The summed E-state index contributed by atoms with van der Waals surface area (Å²) in [4.78, 5) is 10.9. The molecule has 2 fully saturated rings. The number of carbonyl (C=O) groups excluding carboxylic acids is 1. The Morgan fingerprint density at radius 1 is 1.33 bits per heavy atom. The fraction of sp³-hybridized carbons (Fsp3) is 0.615. The second kappa shape index (κ2) is 5.22. The molecule has 2 heterocycles. The molecule has 0 amide bonds. The van der Waals surface area contributed by atoms with Gasteiger partial charge in [0.25, 0.3) is 0 Å². The van der Waals surface area contributed by atoms with E-state index in [0.717, 1.165) is 0 Å². The second-order valence-electron chi connectivity index (χ2n) is 4.70. The molecule has 5 heteroatoms. The molecule has 0 unspecified atom stereocenters. The van der Waals surface area contributed by atoms with E-state index in [-0.39, 0.29) is 24.3 Å². The summed E-state index contributed by atoms with van der Waals surface area (Å²) >= 11 is 0. The number of esters is 1. The van der Waals surface area contributed by atoms with Gasteiger partial charge in [-0.15, -0.1) is 0 Å². The molecule has 0 aromatic carbocycles. The molecule has 100 valence electrons. The van der Waals surface area contributed by atoms with Crippen molar-refractivity contribution < 1.29 is 23.7 Å². The van der Waals surface area contributed by atoms with E-state index in [1.165, 1.54) is 13.2 Å². The molecule has 0 spiro atoms. The third kappa shape index (κ3) is 2.98. The first-order valence-electron chi connectivity index (χ1n) is 5.92. The van der Waals surface area contributed by atoms with Gasteiger partial charge in [-0.3, -0.25) is 0 Å². The number of allylic oxidation sites excluding steroid dienone is 2. The lowest BCUT2D eigenvalue weighted by molar-refractivity contribution is -0.170. The van der Waals surface area contributed by atoms with E-state index in [9.17, 15) is 4.79 Å². The Hall–Kier alpha value is -1.17. The Morgan fingerprint density at radius 2 is 2.11 bits per heavy atom. The number of carbonyl (C=O) groups is 1. The van der Waals surface area contributed by atoms with Crippen LogP contribution in [0, 0.1) is 0 Å². The van der Waals surface area contributed by atoms with E-state index in [1.54, 1.807) is 12.2 Å². The molecule has 0 aromatic heterocycles. The van der Waals surface area contributed by atoms with Gasteiger partial charge in [0.2, 0.25) is 0 Å². The lowest BCUT2D eigenvalue weighted by Crippen LogP contribution is -2.28. The molecule has 0 aliphatic carbocycles. The van der Waals surface area contributed by atoms with E-state index in [1.807, 2.05) is 19.9 Å². The average Bonchev–Trinajstić information content (AvgIpc) is 2.80. The van der Waals surface area contributed by atoms with Crippen molar-refractivity contribution in [1.29, 1.82) is 0 Å². The van der Waals surface area contributed by atoms with Crippen molar-refractivity contribution in [3.8, 4) is 0 Å². The standard InChI is InChI=1S/C13H18O5/c1-13(2)17-10-8-16-9(12(10)18-13)6-4-5-7-11(14)15-3/h4-7,9-10,12H,8H2,1-3H3/b6-4+,7-5+/t9-,10+,12-/m0/s1. The van der Waals surface area contributed by atoms with E-state index in [0.29, 0.717) is 6.61 Å². The van der Waals surface area contributed by atoms with Crippen molar-refractivity contribution in [3.05, 3.63) is 24.3 Å². The Kier molecular flexibility index (Phi) is 3.85. The Bertz CT molecular complexity index is 372. The summed E-state index contributed by atoms with van der Waals surface area (Å²) in [6.07, 6.45) is 6.33. The van der Waals surface area contributed by atoms with Crippen LogP contribution in [-0.2, 0) is 23.7 Å². The fourth-order valence-electron chi connectivity index (χ4n) is 2.11. The maximum absolute atomic E-state index is 10.9. The van der Waals surface area contributed by atoms with Gasteiger partial charge in [-0.1, -0.05) is 18.2 Å². The summed E-state index contributed by atoms with van der Waals surface area (Å²) < 4.78 is 21.5. The summed E-state index contributed by atoms with van der Waals surface area (Å²) in [6.45, 7) is 4.32. The van der Waals surface area contributed by atoms with Crippen LogP contribution in [0.1, 0.15) is 13.8 Å². The molecule has 2 aliphatic heterocycles. The molecule has 0 aromatic rings. The highest BCUT2D eigenvalue weighted by molar-refractivity contribution is 5.82. The van der Waals surface area contributed by atoms with Crippen LogP contribution >= 0.6 is 0 Å². The monoisotopic (exact) mass is 254 g/mol. The van der Waals surface area contributed by atoms with Crippen LogP contribution in [-0.4, -0.2) is 43.8 Å². The van der Waals surface area contributed by atoms with Crippen LogP contribution < -0.4 is 0 Å². The number of ether oxygens (including phenoxy) is 4. The van der Waals surface area contributed by atoms with Crippen LogP contribution in [0.2, 0.25) is 0 Å². The van der Waals surface area contributed by atoms with Crippen LogP contribution in [0.25, 0.3) is 0 Å². The average molecular weight is 254 g/mol. The molecule has 5 nitrogen and oxygen atoms in total. The normalized spacial score (nSPS) is 34.3. The Balaban J connectivity index is 1.89. The van der Waals surface area contributed by atoms with E-state index < -0.39 is 5.79 Å². The zero-order valence-corrected chi connectivity index (χ0v) is 10.8. The highest BCUT2D eigenvalue weighted by Gasteiger charge is 2.49. The maximum atomic E-state index is 10.9. The minimum absolute atomic E-state index is 0.0146. The van der Waals surface area contributed by atoms with Crippen LogP contribution in [0.5, 0.6) is 0 Å². The molecule has 0 radical (unpaired) electrons. The summed E-state index contributed by atoms with van der Waals surface area (Å²) in [5.74, 6) is -0.931. The van der Waals surface area contributed by atoms with Gasteiger partial charge in [0.15, 0.2) is 5.79 Å². The first-order valence-corrected chi connectivity index (χ1v) is 5.92. The van der Waals surface area contributed by atoms with Gasteiger partial charge < -0.3 is 18.9 Å². The van der Waals surface area contributed by atoms with Crippen molar-refractivity contribution in [2.75, 3.05) is 13.7 Å². The number of methoxy groups -OCH3 is 1. The largest absolute Gasteiger partial charge is 0.466 e. The predicted octanol–water partition coefficient (Wildman–Crippen LogP) is 1.19. The van der Waals surface area contributed by atoms with Gasteiger partial charge in [0.1, 0.15) is 18.3 Å². The molecule has 3 atom stereocenters. The molecule has 2 aliphatic rings. The van der Waals surface area contributed by atoms with Crippen LogP contribution in [0.3, 0.4) is 0 Å². The zero-order chi connectivity index (χ0) is 13.2.